The second-order valence-electron chi connectivity index (χ2n) is 4.97. The number of H-pyrrole nitrogens is 1. The Kier molecular flexibility index (Phi) is 4.12. The van der Waals surface area contributed by atoms with Gasteiger partial charge in [-0.05, 0) is 28.9 Å². The van der Waals surface area contributed by atoms with Crippen molar-refractivity contribution < 1.29 is 14.7 Å². The van der Waals surface area contributed by atoms with Crippen molar-refractivity contribution in [1.29, 1.82) is 0 Å². The first-order valence-corrected chi connectivity index (χ1v) is 6.82. The summed E-state index contributed by atoms with van der Waals surface area (Å²) in [6.07, 6.45) is 3.41. The number of carbonyl (C=O) groups excluding carboxylic acids is 1. The van der Waals surface area contributed by atoms with Crippen LogP contribution in [0.25, 0.3) is 0 Å². The molecule has 1 amide bonds. The van der Waals surface area contributed by atoms with E-state index in [2.05, 4.69) is 36.5 Å². The van der Waals surface area contributed by atoms with E-state index in [1.807, 2.05) is 6.92 Å². The molecule has 2 heterocycles. The Hall–Kier alpha value is -1.83. The van der Waals surface area contributed by atoms with E-state index < -0.39 is 23.5 Å². The quantitative estimate of drug-likeness (QED) is 0.633. The molecule has 1 aromatic heterocycles. The number of aromatic nitrogens is 1. The molecule has 2 atom stereocenters. The minimum atomic E-state index is -1.07. The molecule has 7 nitrogen and oxygen atoms in total. The van der Waals surface area contributed by atoms with Crippen molar-refractivity contribution in [2.75, 3.05) is 6.54 Å². The van der Waals surface area contributed by atoms with Crippen LogP contribution in [0.5, 0.6) is 0 Å². The number of aliphatic carboxylic acids is 1. The normalized spacial score (nSPS) is 22.3. The third kappa shape index (κ3) is 3.38. The summed E-state index contributed by atoms with van der Waals surface area (Å²) in [5.74, 6) is -1.52. The summed E-state index contributed by atoms with van der Waals surface area (Å²) in [5, 5.41) is 14.8. The lowest BCUT2D eigenvalue weighted by molar-refractivity contribution is -0.139. The van der Waals surface area contributed by atoms with Crippen LogP contribution >= 0.6 is 15.9 Å². The number of halogens is 1. The first-order valence-electron chi connectivity index (χ1n) is 6.03. The fourth-order valence-corrected chi connectivity index (χ4v) is 2.35. The van der Waals surface area contributed by atoms with Gasteiger partial charge in [-0.1, -0.05) is 0 Å². The first kappa shape index (κ1) is 14.6. The smallest absolute Gasteiger partial charge is 0.326 e. The van der Waals surface area contributed by atoms with E-state index in [1.165, 1.54) is 0 Å². The molecule has 8 heteroatoms. The lowest BCUT2D eigenvalue weighted by atomic mass is 9.94. The number of nitrogens with zero attached hydrogens (tertiary/aromatic N) is 1. The number of aliphatic imine (C=N–C) groups is 1. The molecule has 1 aliphatic heterocycles. The highest BCUT2D eigenvalue weighted by atomic mass is 79.9. The monoisotopic (exact) mass is 342 g/mol. The van der Waals surface area contributed by atoms with Crippen LogP contribution in [0.2, 0.25) is 0 Å². The van der Waals surface area contributed by atoms with Gasteiger partial charge in [-0.2, -0.15) is 0 Å². The van der Waals surface area contributed by atoms with E-state index in [0.29, 0.717) is 12.2 Å². The van der Waals surface area contributed by atoms with Gasteiger partial charge in [0, 0.05) is 17.1 Å². The molecule has 0 spiro atoms. The summed E-state index contributed by atoms with van der Waals surface area (Å²) < 4.78 is 0.729. The van der Waals surface area contributed by atoms with Crippen LogP contribution in [0.3, 0.4) is 0 Å². The van der Waals surface area contributed by atoms with Crippen LogP contribution in [0.1, 0.15) is 23.8 Å². The molecule has 1 aliphatic rings. The van der Waals surface area contributed by atoms with Crippen molar-refractivity contribution in [3.63, 3.8) is 0 Å². The SMILES string of the molecule is CC1(CC(NC(=O)c2cc(Br)c[nH]2)C(=O)O)CN=CN1. The average molecular weight is 343 g/mol. The highest BCUT2D eigenvalue weighted by molar-refractivity contribution is 9.10. The molecule has 1 aromatic rings. The van der Waals surface area contributed by atoms with Gasteiger partial charge in [-0.25, -0.2) is 4.79 Å². The van der Waals surface area contributed by atoms with Crippen LogP contribution in [0.4, 0.5) is 0 Å². The van der Waals surface area contributed by atoms with Crippen LogP contribution in [0.15, 0.2) is 21.7 Å². The molecule has 0 saturated carbocycles. The third-order valence-corrected chi connectivity index (χ3v) is 3.55. The predicted octanol–water partition coefficient (Wildman–Crippen LogP) is 0.740. The van der Waals surface area contributed by atoms with Gasteiger partial charge >= 0.3 is 5.97 Å². The third-order valence-electron chi connectivity index (χ3n) is 3.10. The highest BCUT2D eigenvalue weighted by Gasteiger charge is 2.33. The molecule has 0 aromatic carbocycles. The van der Waals surface area contributed by atoms with E-state index in [1.54, 1.807) is 18.6 Å². The summed E-state index contributed by atoms with van der Waals surface area (Å²) in [5.41, 5.74) is -0.143. The number of hydrogen-bond donors (Lipinski definition) is 4. The summed E-state index contributed by atoms with van der Waals surface area (Å²) in [6, 6.07) is 0.608. The zero-order valence-electron chi connectivity index (χ0n) is 10.8. The second-order valence-corrected chi connectivity index (χ2v) is 5.89. The van der Waals surface area contributed by atoms with E-state index in [4.69, 9.17) is 0 Å². The fraction of sp³-hybridized carbons (Fsp3) is 0.417. The molecule has 4 N–H and O–H groups in total. The summed E-state index contributed by atoms with van der Waals surface area (Å²) >= 11 is 3.22. The Bertz CT molecular complexity index is 547. The average Bonchev–Trinajstić information content (AvgIpc) is 2.97. The van der Waals surface area contributed by atoms with Crippen molar-refractivity contribution in [1.82, 2.24) is 15.6 Å². The Morgan fingerprint density at radius 3 is 2.90 bits per heavy atom. The number of rotatable bonds is 5. The summed E-state index contributed by atoms with van der Waals surface area (Å²) in [6.45, 7) is 2.36. The van der Waals surface area contributed by atoms with E-state index in [0.717, 1.165) is 4.47 Å². The van der Waals surface area contributed by atoms with Crippen LogP contribution < -0.4 is 10.6 Å². The maximum Gasteiger partial charge on any atom is 0.326 e. The molecule has 2 unspecified atom stereocenters. The lowest BCUT2D eigenvalue weighted by Crippen LogP contribution is -2.50. The van der Waals surface area contributed by atoms with Crippen molar-refractivity contribution >= 4 is 34.1 Å². The van der Waals surface area contributed by atoms with Gasteiger partial charge in [0.1, 0.15) is 11.7 Å². The fourth-order valence-electron chi connectivity index (χ4n) is 2.00. The number of aromatic amines is 1. The maximum atomic E-state index is 12.0. The number of nitrogens with one attached hydrogen (secondary N) is 3. The van der Waals surface area contributed by atoms with E-state index in [9.17, 15) is 14.7 Å². The minimum absolute atomic E-state index is 0.246. The van der Waals surface area contributed by atoms with E-state index in [-0.39, 0.29) is 6.42 Å². The van der Waals surface area contributed by atoms with Gasteiger partial charge in [-0.3, -0.25) is 9.79 Å². The number of amides is 1. The van der Waals surface area contributed by atoms with Crippen LogP contribution in [0, 0.1) is 0 Å². The number of carboxylic acid groups (broad SMARTS) is 1. The number of carbonyl (C=O) groups is 2. The van der Waals surface area contributed by atoms with Crippen LogP contribution in [-0.4, -0.2) is 46.4 Å². The Balaban J connectivity index is 2.02. The molecular weight excluding hydrogens is 328 g/mol. The van der Waals surface area contributed by atoms with Gasteiger partial charge in [0.25, 0.3) is 5.91 Å². The number of hydrogen-bond acceptors (Lipinski definition) is 4. The first-order chi connectivity index (χ1) is 9.39. The summed E-state index contributed by atoms with van der Waals surface area (Å²) in [7, 11) is 0. The molecule has 0 fully saturated rings. The van der Waals surface area contributed by atoms with Crippen molar-refractivity contribution in [2.45, 2.75) is 24.9 Å². The number of carboxylic acids is 1. The van der Waals surface area contributed by atoms with Gasteiger partial charge in [0.15, 0.2) is 0 Å². The molecule has 0 radical (unpaired) electrons. The zero-order valence-corrected chi connectivity index (χ0v) is 12.4. The molecule has 0 bridgehead atoms. The highest BCUT2D eigenvalue weighted by Crippen LogP contribution is 2.17. The second kappa shape index (κ2) is 5.66. The molecule has 0 aliphatic carbocycles. The van der Waals surface area contributed by atoms with Crippen molar-refractivity contribution in [3.8, 4) is 0 Å². The van der Waals surface area contributed by atoms with E-state index >= 15 is 0 Å². The lowest BCUT2D eigenvalue weighted by Gasteiger charge is -2.27. The summed E-state index contributed by atoms with van der Waals surface area (Å²) in [4.78, 5) is 30.1. The molecule has 108 valence electrons. The molecular formula is C12H15BrN4O3. The standard InChI is InChI=1S/C12H15BrN4O3/c1-12(5-14-6-16-12)3-9(11(19)20)17-10(18)8-2-7(13)4-15-8/h2,4,6,9,15H,3,5H2,1H3,(H,14,16)(H,17,18)(H,19,20). The topological polar surface area (TPSA) is 107 Å². The minimum Gasteiger partial charge on any atom is -0.480 e. The Morgan fingerprint density at radius 1 is 1.65 bits per heavy atom. The maximum absolute atomic E-state index is 12.0. The van der Waals surface area contributed by atoms with Gasteiger partial charge in [0.05, 0.1) is 18.4 Å². The van der Waals surface area contributed by atoms with Gasteiger partial charge in [-0.15, -0.1) is 0 Å². The predicted molar refractivity (Wildman–Crippen MR) is 76.9 cm³/mol. The van der Waals surface area contributed by atoms with Crippen LogP contribution in [-0.2, 0) is 4.79 Å². The Labute approximate surface area is 124 Å². The van der Waals surface area contributed by atoms with Crippen molar-refractivity contribution in [2.24, 2.45) is 4.99 Å². The molecule has 0 saturated heterocycles. The van der Waals surface area contributed by atoms with Gasteiger partial charge in [0.2, 0.25) is 0 Å². The molecule has 2 rings (SSSR count). The Morgan fingerprint density at radius 2 is 2.40 bits per heavy atom. The van der Waals surface area contributed by atoms with Crippen molar-refractivity contribution in [3.05, 3.63) is 22.4 Å². The van der Waals surface area contributed by atoms with Gasteiger partial charge < -0.3 is 20.7 Å². The largest absolute Gasteiger partial charge is 0.480 e. The molecule has 20 heavy (non-hydrogen) atoms. The zero-order chi connectivity index (χ0) is 14.8.